The Kier molecular flexibility index (Phi) is 5.78. The number of fused-ring (bicyclic) bond motifs is 1. The van der Waals surface area contributed by atoms with Gasteiger partial charge in [-0.1, -0.05) is 36.4 Å². The van der Waals surface area contributed by atoms with Gasteiger partial charge in [0.05, 0.1) is 24.6 Å². The minimum atomic E-state index is -2.94. The average molecular weight is 376 g/mol. The van der Waals surface area contributed by atoms with Crippen LogP contribution < -0.4 is 10.1 Å². The van der Waals surface area contributed by atoms with E-state index in [-0.39, 0.29) is 30.0 Å². The van der Waals surface area contributed by atoms with E-state index in [9.17, 15) is 13.2 Å². The van der Waals surface area contributed by atoms with Gasteiger partial charge in [0.25, 0.3) is 0 Å². The fourth-order valence-electron chi connectivity index (χ4n) is 3.21. The third-order valence-corrected chi connectivity index (χ3v) is 6.41. The molecule has 2 aromatic rings. The highest BCUT2D eigenvalue weighted by Gasteiger charge is 2.31. The SMILES string of the molecule is CN(CC(=O)NCCOc1cccc2ccccc12)[C@@H]1CCS(=O)(=O)C1. The summed E-state index contributed by atoms with van der Waals surface area (Å²) in [5.74, 6) is 1.02. The average Bonchev–Trinajstić information content (AvgIpc) is 2.99. The van der Waals surface area contributed by atoms with E-state index in [2.05, 4.69) is 5.32 Å². The summed E-state index contributed by atoms with van der Waals surface area (Å²) in [5.41, 5.74) is 0. The van der Waals surface area contributed by atoms with Crippen LogP contribution in [0.4, 0.5) is 0 Å². The number of likely N-dealkylation sites (N-methyl/N-ethyl adjacent to an activating group) is 1. The highest BCUT2D eigenvalue weighted by Crippen LogP contribution is 2.24. The topological polar surface area (TPSA) is 75.7 Å². The molecule has 0 spiro atoms. The molecule has 1 saturated heterocycles. The first-order valence-corrected chi connectivity index (χ1v) is 10.5. The quantitative estimate of drug-likeness (QED) is 0.741. The monoisotopic (exact) mass is 376 g/mol. The highest BCUT2D eigenvalue weighted by molar-refractivity contribution is 7.91. The van der Waals surface area contributed by atoms with Crippen LogP contribution in [-0.2, 0) is 14.6 Å². The molecule has 0 aromatic heterocycles. The van der Waals surface area contributed by atoms with Gasteiger partial charge in [0, 0.05) is 11.4 Å². The van der Waals surface area contributed by atoms with Gasteiger partial charge in [-0.2, -0.15) is 0 Å². The van der Waals surface area contributed by atoms with Gasteiger partial charge in [-0.25, -0.2) is 8.42 Å². The van der Waals surface area contributed by atoms with Crippen molar-refractivity contribution in [3.05, 3.63) is 42.5 Å². The Labute approximate surface area is 154 Å². The first kappa shape index (κ1) is 18.7. The standard InChI is InChI=1S/C19H24N2O4S/c1-21(16-9-12-26(23,24)14-16)13-19(22)20-10-11-25-18-8-4-6-15-5-2-3-7-17(15)18/h2-8,16H,9-14H2,1H3,(H,20,22)/t16-/m1/s1. The van der Waals surface area contributed by atoms with E-state index in [4.69, 9.17) is 4.74 Å². The largest absolute Gasteiger partial charge is 0.491 e. The maximum absolute atomic E-state index is 12.0. The van der Waals surface area contributed by atoms with E-state index < -0.39 is 9.84 Å². The second kappa shape index (κ2) is 8.05. The molecule has 0 saturated carbocycles. The predicted molar refractivity (Wildman–Crippen MR) is 102 cm³/mol. The van der Waals surface area contributed by atoms with Crippen molar-refractivity contribution in [3.63, 3.8) is 0 Å². The Bertz CT molecular complexity index is 877. The number of nitrogens with zero attached hydrogens (tertiary/aromatic N) is 1. The summed E-state index contributed by atoms with van der Waals surface area (Å²) in [6.07, 6.45) is 0.594. The Morgan fingerprint density at radius 3 is 2.77 bits per heavy atom. The number of nitrogens with one attached hydrogen (secondary N) is 1. The molecule has 7 heteroatoms. The first-order valence-electron chi connectivity index (χ1n) is 8.72. The predicted octanol–water partition coefficient (Wildman–Crippen LogP) is 1.45. The number of sulfone groups is 1. The molecule has 0 aliphatic carbocycles. The van der Waals surface area contributed by atoms with Crippen molar-refractivity contribution in [2.24, 2.45) is 0 Å². The van der Waals surface area contributed by atoms with Crippen molar-refractivity contribution < 1.29 is 17.9 Å². The van der Waals surface area contributed by atoms with Gasteiger partial charge < -0.3 is 10.1 Å². The zero-order valence-corrected chi connectivity index (χ0v) is 15.7. The smallest absolute Gasteiger partial charge is 0.234 e. The summed E-state index contributed by atoms with van der Waals surface area (Å²) in [6.45, 7) is 0.967. The number of benzene rings is 2. The Morgan fingerprint density at radius 2 is 2.00 bits per heavy atom. The van der Waals surface area contributed by atoms with Crippen LogP contribution in [0.3, 0.4) is 0 Å². The van der Waals surface area contributed by atoms with Crippen molar-refractivity contribution in [3.8, 4) is 5.75 Å². The van der Waals surface area contributed by atoms with E-state index in [0.717, 1.165) is 16.5 Å². The molecular weight excluding hydrogens is 352 g/mol. The van der Waals surface area contributed by atoms with Gasteiger partial charge >= 0.3 is 0 Å². The van der Waals surface area contributed by atoms with Gasteiger partial charge in [-0.15, -0.1) is 0 Å². The second-order valence-electron chi connectivity index (χ2n) is 6.65. The molecule has 1 fully saturated rings. The summed E-state index contributed by atoms with van der Waals surface area (Å²) in [7, 11) is -1.15. The van der Waals surface area contributed by atoms with Gasteiger partial charge in [0.2, 0.25) is 5.91 Å². The lowest BCUT2D eigenvalue weighted by Gasteiger charge is -2.22. The molecule has 1 aliphatic heterocycles. The number of hydrogen-bond donors (Lipinski definition) is 1. The molecule has 1 amide bonds. The van der Waals surface area contributed by atoms with Gasteiger partial charge in [0.15, 0.2) is 9.84 Å². The van der Waals surface area contributed by atoms with Crippen LogP contribution in [0.1, 0.15) is 6.42 Å². The molecule has 0 bridgehead atoms. The summed E-state index contributed by atoms with van der Waals surface area (Å²) in [4.78, 5) is 13.8. The van der Waals surface area contributed by atoms with E-state index in [1.54, 1.807) is 7.05 Å². The van der Waals surface area contributed by atoms with E-state index in [0.29, 0.717) is 19.6 Å². The molecule has 1 aliphatic rings. The third-order valence-electron chi connectivity index (χ3n) is 4.66. The summed E-state index contributed by atoms with van der Waals surface area (Å²) in [5, 5.41) is 4.98. The number of ether oxygens (including phenoxy) is 1. The fraction of sp³-hybridized carbons (Fsp3) is 0.421. The summed E-state index contributed by atoms with van der Waals surface area (Å²) < 4.78 is 28.8. The molecule has 2 aromatic carbocycles. The Hall–Kier alpha value is -2.12. The molecular formula is C19H24N2O4S. The lowest BCUT2D eigenvalue weighted by Crippen LogP contribution is -2.42. The van der Waals surface area contributed by atoms with Crippen molar-refractivity contribution in [1.29, 1.82) is 0 Å². The number of hydrogen-bond acceptors (Lipinski definition) is 5. The lowest BCUT2D eigenvalue weighted by molar-refractivity contribution is -0.122. The van der Waals surface area contributed by atoms with Gasteiger partial charge in [-0.05, 0) is 24.9 Å². The maximum atomic E-state index is 12.0. The first-order chi connectivity index (χ1) is 12.4. The number of rotatable bonds is 7. The molecule has 1 atom stereocenters. The van der Waals surface area contributed by atoms with Crippen molar-refractivity contribution >= 4 is 26.5 Å². The van der Waals surface area contributed by atoms with E-state index in [1.807, 2.05) is 47.4 Å². The Balaban J connectivity index is 1.42. The van der Waals surface area contributed by atoms with Crippen molar-refractivity contribution in [2.75, 3.05) is 38.2 Å². The fourth-order valence-corrected chi connectivity index (χ4v) is 5.01. The van der Waals surface area contributed by atoms with Crippen LogP contribution in [0.25, 0.3) is 10.8 Å². The zero-order chi connectivity index (χ0) is 18.6. The van der Waals surface area contributed by atoms with Crippen molar-refractivity contribution in [2.45, 2.75) is 12.5 Å². The molecule has 140 valence electrons. The van der Waals surface area contributed by atoms with E-state index >= 15 is 0 Å². The highest BCUT2D eigenvalue weighted by atomic mass is 32.2. The molecule has 3 rings (SSSR count). The lowest BCUT2D eigenvalue weighted by atomic mass is 10.1. The number of carbonyl (C=O) groups is 1. The van der Waals surface area contributed by atoms with Crippen LogP contribution in [0, 0.1) is 0 Å². The molecule has 0 radical (unpaired) electrons. The third kappa shape index (κ3) is 4.74. The number of amides is 1. The maximum Gasteiger partial charge on any atom is 0.234 e. The van der Waals surface area contributed by atoms with Gasteiger partial charge in [0.1, 0.15) is 12.4 Å². The molecule has 0 unspecified atom stereocenters. The molecule has 6 nitrogen and oxygen atoms in total. The minimum absolute atomic E-state index is 0.0716. The minimum Gasteiger partial charge on any atom is -0.491 e. The second-order valence-corrected chi connectivity index (χ2v) is 8.88. The molecule has 26 heavy (non-hydrogen) atoms. The van der Waals surface area contributed by atoms with Crippen molar-refractivity contribution in [1.82, 2.24) is 10.2 Å². The zero-order valence-electron chi connectivity index (χ0n) is 14.8. The van der Waals surface area contributed by atoms with Crippen LogP contribution in [0.2, 0.25) is 0 Å². The van der Waals surface area contributed by atoms with Crippen LogP contribution in [0.5, 0.6) is 5.75 Å². The van der Waals surface area contributed by atoms with E-state index in [1.165, 1.54) is 0 Å². The summed E-state index contributed by atoms with van der Waals surface area (Å²) >= 11 is 0. The van der Waals surface area contributed by atoms with Gasteiger partial charge in [-0.3, -0.25) is 9.69 Å². The number of carbonyl (C=O) groups excluding carboxylic acids is 1. The summed E-state index contributed by atoms with van der Waals surface area (Å²) in [6, 6.07) is 13.8. The van der Waals surface area contributed by atoms with Crippen LogP contribution in [0.15, 0.2) is 42.5 Å². The van der Waals surface area contributed by atoms with Crippen LogP contribution in [-0.4, -0.2) is 63.5 Å². The Morgan fingerprint density at radius 1 is 1.23 bits per heavy atom. The molecule has 1 N–H and O–H groups in total. The normalized spacial score (nSPS) is 18.9. The molecule has 1 heterocycles. The van der Waals surface area contributed by atoms with Crippen LogP contribution >= 0.6 is 0 Å².